The molecule has 0 heterocycles. The summed E-state index contributed by atoms with van der Waals surface area (Å²) in [7, 11) is 1.19. The number of amides is 3. The number of imide groups is 1. The third-order valence-electron chi connectivity index (χ3n) is 4.84. The van der Waals surface area contributed by atoms with Gasteiger partial charge in [-0.15, -0.1) is 5.01 Å². The number of halogens is 2. The molecule has 186 valence electrons. The number of aromatic carboxylic acids is 1. The molecule has 36 heavy (non-hydrogen) atoms. The number of benzene rings is 3. The van der Waals surface area contributed by atoms with Crippen LogP contribution in [0.3, 0.4) is 0 Å². The Balaban J connectivity index is 1.93. The summed E-state index contributed by atoms with van der Waals surface area (Å²) >= 11 is 0. The van der Waals surface area contributed by atoms with Crippen molar-refractivity contribution < 1.29 is 33.0 Å². The summed E-state index contributed by atoms with van der Waals surface area (Å²) in [5, 5.41) is 17.5. The second kappa shape index (κ2) is 11.5. The first-order valence-corrected chi connectivity index (χ1v) is 10.5. The average molecular weight is 497 g/mol. The van der Waals surface area contributed by atoms with Crippen LogP contribution in [0.25, 0.3) is 0 Å². The zero-order valence-electron chi connectivity index (χ0n) is 19.2. The van der Waals surface area contributed by atoms with Crippen molar-refractivity contribution in [2.24, 2.45) is 10.4 Å². The lowest BCUT2D eigenvalue weighted by Gasteiger charge is -2.25. The van der Waals surface area contributed by atoms with Crippen molar-refractivity contribution in [3.05, 3.63) is 83.9 Å². The summed E-state index contributed by atoms with van der Waals surface area (Å²) in [6.07, 6.45) is 0.0728. The average Bonchev–Trinajstić information content (AvgIpc) is 2.86. The Morgan fingerprint density at radius 3 is 2.25 bits per heavy atom. The smallest absolute Gasteiger partial charge is 0.353 e. The molecule has 0 radical (unpaired) electrons. The van der Waals surface area contributed by atoms with Gasteiger partial charge in [-0.05, 0) is 59.8 Å². The lowest BCUT2D eigenvalue weighted by Crippen LogP contribution is -2.40. The molecule has 0 aliphatic heterocycles. The van der Waals surface area contributed by atoms with E-state index < -0.39 is 29.3 Å². The Morgan fingerprint density at radius 1 is 1.00 bits per heavy atom. The third kappa shape index (κ3) is 5.78. The van der Waals surface area contributed by atoms with Gasteiger partial charge in [0.2, 0.25) is 6.41 Å². The van der Waals surface area contributed by atoms with Gasteiger partial charge in [-0.2, -0.15) is 0 Å². The summed E-state index contributed by atoms with van der Waals surface area (Å²) in [5.41, 5.74) is -0.477. The van der Waals surface area contributed by atoms with Crippen LogP contribution in [0.4, 0.5) is 25.0 Å². The van der Waals surface area contributed by atoms with E-state index in [2.05, 4.69) is 10.4 Å². The van der Waals surface area contributed by atoms with Crippen LogP contribution in [-0.4, -0.2) is 42.1 Å². The van der Waals surface area contributed by atoms with E-state index in [0.29, 0.717) is 10.8 Å². The van der Waals surface area contributed by atoms with Gasteiger partial charge in [0.15, 0.2) is 17.4 Å². The predicted molar refractivity (Wildman–Crippen MR) is 126 cm³/mol. The van der Waals surface area contributed by atoms with E-state index in [0.717, 1.165) is 22.0 Å². The zero-order valence-corrected chi connectivity index (χ0v) is 19.2. The number of rotatable bonds is 9. The molecule has 0 atom stereocenters. The van der Waals surface area contributed by atoms with Crippen LogP contribution in [0, 0.1) is 11.6 Å². The number of nitrogens with zero attached hydrogens (tertiary/aromatic N) is 5. The molecule has 0 bridgehead atoms. The van der Waals surface area contributed by atoms with E-state index >= 15 is 0 Å². The normalized spacial score (nSPS) is 10.7. The number of carbonyl (C=O) groups is 3. The van der Waals surface area contributed by atoms with Gasteiger partial charge in [0.1, 0.15) is 11.4 Å². The molecule has 1 N–H and O–H groups in total. The lowest BCUT2D eigenvalue weighted by atomic mass is 10.1. The molecule has 12 heteroatoms. The zero-order chi connectivity index (χ0) is 26.2. The Labute approximate surface area is 204 Å². The monoisotopic (exact) mass is 497 g/mol. The fraction of sp³-hybridized carbons (Fsp3) is 0.125. The van der Waals surface area contributed by atoms with Crippen molar-refractivity contribution in [1.29, 1.82) is 0 Å². The molecule has 0 spiro atoms. The highest BCUT2D eigenvalue weighted by Gasteiger charge is 2.25. The van der Waals surface area contributed by atoms with Crippen LogP contribution >= 0.6 is 0 Å². The van der Waals surface area contributed by atoms with E-state index in [4.69, 9.17) is 4.74 Å². The number of hydrogen-bond donors (Lipinski definition) is 1. The molecule has 10 nitrogen and oxygen atoms in total. The molecule has 3 rings (SSSR count). The first-order valence-electron chi connectivity index (χ1n) is 10.5. The fourth-order valence-corrected chi connectivity index (χ4v) is 3.15. The van der Waals surface area contributed by atoms with Gasteiger partial charge < -0.3 is 9.84 Å². The van der Waals surface area contributed by atoms with Crippen molar-refractivity contribution >= 4 is 29.8 Å². The van der Waals surface area contributed by atoms with E-state index in [1.54, 1.807) is 37.3 Å². The van der Waals surface area contributed by atoms with Gasteiger partial charge in [-0.3, -0.25) is 9.69 Å². The van der Waals surface area contributed by atoms with E-state index in [-0.39, 0.29) is 30.0 Å². The molecule has 0 saturated heterocycles. The Kier molecular flexibility index (Phi) is 8.23. The van der Waals surface area contributed by atoms with Crippen LogP contribution in [0.1, 0.15) is 17.3 Å². The number of urea groups is 1. The predicted octanol–water partition coefficient (Wildman–Crippen LogP) is 5.28. The molecule has 0 aromatic heterocycles. The highest BCUT2D eigenvalue weighted by atomic mass is 19.1. The molecular weight excluding hydrogens is 476 g/mol. The standard InChI is InChI=1S/C24H21F2N5O5/c1-3-30(20-13-12-16(23(33)34)14-21(20)36-17-8-5-4-6-9-17)24(35)31(15-32)28-27-29(2)22-18(25)10-7-11-19(22)26/h4-15H,3H2,1-2H3,(H,33,34)/b28-27-. The maximum atomic E-state index is 14.0. The van der Waals surface area contributed by atoms with Crippen LogP contribution in [-0.2, 0) is 4.79 Å². The van der Waals surface area contributed by atoms with Gasteiger partial charge in [-0.1, -0.05) is 24.3 Å². The first-order chi connectivity index (χ1) is 17.3. The molecule has 0 aliphatic carbocycles. The van der Waals surface area contributed by atoms with E-state index in [1.165, 1.54) is 31.3 Å². The SMILES string of the molecule is CCN(C(=O)N(C=O)/N=N\N(C)c1c(F)cccc1F)c1ccc(C(=O)O)cc1Oc1ccccc1. The number of carboxylic acids is 1. The van der Waals surface area contributed by atoms with Crippen LogP contribution in [0.15, 0.2) is 77.2 Å². The number of para-hydroxylation sites is 2. The highest BCUT2D eigenvalue weighted by Crippen LogP contribution is 2.34. The van der Waals surface area contributed by atoms with Crippen LogP contribution in [0.5, 0.6) is 11.5 Å². The summed E-state index contributed by atoms with van der Waals surface area (Å²) in [6.45, 7) is 1.63. The van der Waals surface area contributed by atoms with Crippen molar-refractivity contribution in [1.82, 2.24) is 5.01 Å². The van der Waals surface area contributed by atoms with Crippen molar-refractivity contribution in [2.45, 2.75) is 6.92 Å². The van der Waals surface area contributed by atoms with Crippen molar-refractivity contribution in [3.63, 3.8) is 0 Å². The highest BCUT2D eigenvalue weighted by molar-refractivity contribution is 5.99. The summed E-state index contributed by atoms with van der Waals surface area (Å²) in [5.74, 6) is -2.64. The maximum absolute atomic E-state index is 14.0. The number of carbonyl (C=O) groups excluding carboxylic acids is 2. The molecule has 0 unspecified atom stereocenters. The Morgan fingerprint density at radius 2 is 1.67 bits per heavy atom. The molecule has 0 aliphatic rings. The minimum atomic E-state index is -1.21. The van der Waals surface area contributed by atoms with Crippen molar-refractivity contribution in [3.8, 4) is 11.5 Å². The minimum Gasteiger partial charge on any atom is -0.478 e. The molecule has 3 amide bonds. The lowest BCUT2D eigenvalue weighted by molar-refractivity contribution is -0.115. The van der Waals surface area contributed by atoms with E-state index in [1.807, 2.05) is 0 Å². The molecule has 0 saturated carbocycles. The topological polar surface area (TPSA) is 115 Å². The van der Waals surface area contributed by atoms with Gasteiger partial charge >= 0.3 is 12.0 Å². The fourth-order valence-electron chi connectivity index (χ4n) is 3.15. The second-order valence-corrected chi connectivity index (χ2v) is 7.15. The Bertz CT molecular complexity index is 1270. The van der Waals surface area contributed by atoms with Crippen LogP contribution in [0.2, 0.25) is 0 Å². The second-order valence-electron chi connectivity index (χ2n) is 7.15. The molecule has 0 fully saturated rings. The Hall–Kier alpha value is -4.87. The first kappa shape index (κ1) is 25.7. The number of hydrogen-bond acceptors (Lipinski definition) is 6. The quantitative estimate of drug-likeness (QED) is 0.244. The van der Waals surface area contributed by atoms with E-state index in [9.17, 15) is 28.3 Å². The molecule has 3 aromatic rings. The summed E-state index contributed by atoms with van der Waals surface area (Å²) in [4.78, 5) is 37.4. The third-order valence-corrected chi connectivity index (χ3v) is 4.84. The largest absolute Gasteiger partial charge is 0.478 e. The number of anilines is 2. The number of ether oxygens (including phenoxy) is 1. The minimum absolute atomic E-state index is 0.0219. The maximum Gasteiger partial charge on any atom is 0.353 e. The molecular formula is C24H21F2N5O5. The van der Waals surface area contributed by atoms with Gasteiger partial charge in [0.25, 0.3) is 0 Å². The molecule has 3 aromatic carbocycles. The summed E-state index contributed by atoms with van der Waals surface area (Å²) < 4.78 is 33.8. The summed E-state index contributed by atoms with van der Waals surface area (Å²) in [6, 6.07) is 14.5. The van der Waals surface area contributed by atoms with Gasteiger partial charge in [-0.25, -0.2) is 23.4 Å². The van der Waals surface area contributed by atoms with Gasteiger partial charge in [0, 0.05) is 13.6 Å². The van der Waals surface area contributed by atoms with Crippen molar-refractivity contribution in [2.75, 3.05) is 23.5 Å². The number of carboxylic acid groups (broad SMARTS) is 1. The van der Waals surface area contributed by atoms with Gasteiger partial charge in [0.05, 0.1) is 11.3 Å². The van der Waals surface area contributed by atoms with Crippen LogP contribution < -0.4 is 14.6 Å².